The van der Waals surface area contributed by atoms with Gasteiger partial charge in [-0.15, -0.1) is 0 Å². The fourth-order valence-electron chi connectivity index (χ4n) is 7.96. The average Bonchev–Trinajstić information content (AvgIpc) is 3.72. The number of fused-ring (bicyclic) bond motifs is 2. The second kappa shape index (κ2) is 14.4. The van der Waals surface area contributed by atoms with Crippen molar-refractivity contribution >= 4 is 38.8 Å². The zero-order valence-electron chi connectivity index (χ0n) is 30.7. The molecule has 0 saturated carbocycles. The summed E-state index contributed by atoms with van der Waals surface area (Å²) in [6.07, 6.45) is 0. The predicted molar refractivity (Wildman–Crippen MR) is 236 cm³/mol. The number of para-hydroxylation sites is 1. The third kappa shape index (κ3) is 6.24. The van der Waals surface area contributed by atoms with Crippen LogP contribution in [0.25, 0.3) is 77.6 Å². The zero-order chi connectivity index (χ0) is 37.3. The molecule has 0 bridgehead atoms. The maximum atomic E-state index is 6.21. The molecule has 0 spiro atoms. The summed E-state index contributed by atoms with van der Waals surface area (Å²) in [6.45, 7) is 0. The van der Waals surface area contributed by atoms with Crippen LogP contribution >= 0.6 is 0 Å². The van der Waals surface area contributed by atoms with E-state index in [1.54, 1.807) is 0 Å². The van der Waals surface area contributed by atoms with Crippen LogP contribution in [0.15, 0.2) is 229 Å². The molecule has 1 aromatic heterocycles. The number of hydrogen-bond donors (Lipinski definition) is 0. The lowest BCUT2D eigenvalue weighted by molar-refractivity contribution is 0.631. The molecule has 0 aliphatic rings. The van der Waals surface area contributed by atoms with Gasteiger partial charge in [0.05, 0.1) is 5.69 Å². The third-order valence-electron chi connectivity index (χ3n) is 10.7. The highest BCUT2D eigenvalue weighted by atomic mass is 16.3. The summed E-state index contributed by atoms with van der Waals surface area (Å²) in [5.74, 6) is 0.873. The molecule has 2 heteroatoms. The molecular weight excluding hydrogens is 679 g/mol. The van der Waals surface area contributed by atoms with Gasteiger partial charge in [-0.3, -0.25) is 0 Å². The van der Waals surface area contributed by atoms with Crippen LogP contribution in [0.3, 0.4) is 0 Å². The first-order valence-electron chi connectivity index (χ1n) is 19.1. The van der Waals surface area contributed by atoms with E-state index in [0.717, 1.165) is 50.5 Å². The summed E-state index contributed by atoms with van der Waals surface area (Å²) in [5, 5.41) is 3.51. The fraction of sp³-hybridized carbons (Fsp3) is 0. The first-order chi connectivity index (χ1) is 27.8. The van der Waals surface area contributed by atoms with Gasteiger partial charge in [0.25, 0.3) is 0 Å². The summed E-state index contributed by atoms with van der Waals surface area (Å²) in [5.41, 5.74) is 14.8. The lowest BCUT2D eigenvalue weighted by atomic mass is 9.89. The lowest BCUT2D eigenvalue weighted by Crippen LogP contribution is -2.10. The van der Waals surface area contributed by atoms with Crippen molar-refractivity contribution < 1.29 is 4.42 Å². The first kappa shape index (κ1) is 33.2. The van der Waals surface area contributed by atoms with Crippen LogP contribution in [-0.2, 0) is 0 Å². The maximum absolute atomic E-state index is 6.21. The number of nitrogens with zero attached hydrogens (tertiary/aromatic N) is 1. The van der Waals surface area contributed by atoms with E-state index in [2.05, 4.69) is 211 Å². The summed E-state index contributed by atoms with van der Waals surface area (Å²) in [4.78, 5) is 2.37. The van der Waals surface area contributed by atoms with Gasteiger partial charge in [-0.2, -0.15) is 0 Å². The molecule has 0 aliphatic heterocycles. The highest BCUT2D eigenvalue weighted by molar-refractivity contribution is 5.99. The third-order valence-corrected chi connectivity index (χ3v) is 10.7. The number of rotatable bonds is 8. The molecule has 2 nitrogen and oxygen atoms in total. The Labute approximate surface area is 327 Å². The van der Waals surface area contributed by atoms with Gasteiger partial charge in [-0.1, -0.05) is 176 Å². The van der Waals surface area contributed by atoms with E-state index in [4.69, 9.17) is 4.42 Å². The molecular formula is C54H37NO. The van der Waals surface area contributed by atoms with E-state index >= 15 is 0 Å². The minimum absolute atomic E-state index is 0.873. The molecule has 0 saturated heterocycles. The fourth-order valence-corrected chi connectivity index (χ4v) is 7.96. The highest BCUT2D eigenvalue weighted by Crippen LogP contribution is 2.42. The number of benzene rings is 9. The van der Waals surface area contributed by atoms with E-state index in [1.165, 1.54) is 44.2 Å². The smallest absolute Gasteiger partial charge is 0.135 e. The Balaban J connectivity index is 1.03. The first-order valence-corrected chi connectivity index (χ1v) is 19.1. The van der Waals surface area contributed by atoms with Gasteiger partial charge in [0.15, 0.2) is 0 Å². The van der Waals surface area contributed by atoms with E-state index in [0.29, 0.717) is 0 Å². The maximum Gasteiger partial charge on any atom is 0.135 e. The van der Waals surface area contributed by atoms with Crippen molar-refractivity contribution in [2.45, 2.75) is 0 Å². The van der Waals surface area contributed by atoms with Crippen molar-refractivity contribution in [1.82, 2.24) is 0 Å². The van der Waals surface area contributed by atoms with Gasteiger partial charge in [0, 0.05) is 27.7 Å². The van der Waals surface area contributed by atoms with E-state index < -0.39 is 0 Å². The van der Waals surface area contributed by atoms with Crippen LogP contribution < -0.4 is 4.90 Å². The van der Waals surface area contributed by atoms with Gasteiger partial charge in [-0.25, -0.2) is 0 Å². The van der Waals surface area contributed by atoms with Crippen LogP contribution in [0.5, 0.6) is 0 Å². The van der Waals surface area contributed by atoms with Gasteiger partial charge < -0.3 is 9.32 Å². The van der Waals surface area contributed by atoms with E-state index in [-0.39, 0.29) is 0 Å². The Morgan fingerprint density at radius 3 is 1.50 bits per heavy atom. The number of furan rings is 1. The quantitative estimate of drug-likeness (QED) is 0.156. The van der Waals surface area contributed by atoms with Crippen LogP contribution in [-0.4, -0.2) is 0 Å². The molecule has 10 rings (SSSR count). The van der Waals surface area contributed by atoms with Crippen LogP contribution in [0.1, 0.15) is 0 Å². The number of hydrogen-bond acceptors (Lipinski definition) is 2. The van der Waals surface area contributed by atoms with Gasteiger partial charge >= 0.3 is 0 Å². The van der Waals surface area contributed by atoms with Crippen LogP contribution in [0, 0.1) is 0 Å². The molecule has 0 atom stereocenters. The molecule has 9 aromatic carbocycles. The SMILES string of the molecule is c1ccc(-c2ccccc2-c2ccccc2-c2ccc(N(c3ccc(-c4cccc(-c5cc6ccccc6o5)c4)cc3)c3cccc4ccccc34)cc2)cc1. The molecule has 264 valence electrons. The molecule has 1 heterocycles. The minimum Gasteiger partial charge on any atom is -0.456 e. The normalized spacial score (nSPS) is 11.2. The van der Waals surface area contributed by atoms with Crippen molar-refractivity contribution in [2.75, 3.05) is 4.90 Å². The molecule has 0 aliphatic carbocycles. The Hall–Kier alpha value is -7.42. The molecule has 0 unspecified atom stereocenters. The van der Waals surface area contributed by atoms with Crippen LogP contribution in [0.2, 0.25) is 0 Å². The highest BCUT2D eigenvalue weighted by Gasteiger charge is 2.18. The Bertz CT molecular complexity index is 2920. The lowest BCUT2D eigenvalue weighted by Gasteiger charge is -2.27. The predicted octanol–water partition coefficient (Wildman–Crippen LogP) is 15.4. The standard InChI is InChI=1S/C54H37NO/c1-2-14-39(15-3-1)47-21-7-9-24-50(47)51-25-10-8-22-48(51)41-30-34-46(35-31-41)55(52-26-13-18-40-16-4-6-23-49(40)52)45-32-28-38(29-33-45)42-19-12-20-43(36-42)54-37-44-17-5-11-27-53(44)56-54/h1-37H. The van der Waals surface area contributed by atoms with Crippen molar-refractivity contribution in [3.8, 4) is 55.8 Å². The molecule has 0 N–H and O–H groups in total. The average molecular weight is 716 g/mol. The summed E-state index contributed by atoms with van der Waals surface area (Å²) in [7, 11) is 0. The summed E-state index contributed by atoms with van der Waals surface area (Å²) in [6, 6.07) is 80.1. The van der Waals surface area contributed by atoms with Gasteiger partial charge in [-0.05, 0) is 98.4 Å². The second-order valence-electron chi connectivity index (χ2n) is 14.1. The van der Waals surface area contributed by atoms with Crippen molar-refractivity contribution in [2.24, 2.45) is 0 Å². The molecule has 0 fully saturated rings. The Morgan fingerprint density at radius 1 is 0.304 bits per heavy atom. The van der Waals surface area contributed by atoms with Gasteiger partial charge in [0.2, 0.25) is 0 Å². The summed E-state index contributed by atoms with van der Waals surface area (Å²) >= 11 is 0. The van der Waals surface area contributed by atoms with Crippen molar-refractivity contribution in [1.29, 1.82) is 0 Å². The zero-order valence-corrected chi connectivity index (χ0v) is 30.7. The topological polar surface area (TPSA) is 16.4 Å². The van der Waals surface area contributed by atoms with Crippen LogP contribution in [0.4, 0.5) is 17.1 Å². The minimum atomic E-state index is 0.873. The number of anilines is 3. The largest absolute Gasteiger partial charge is 0.456 e. The van der Waals surface area contributed by atoms with E-state index in [9.17, 15) is 0 Å². The monoisotopic (exact) mass is 715 g/mol. The molecule has 56 heavy (non-hydrogen) atoms. The Morgan fingerprint density at radius 2 is 0.804 bits per heavy atom. The molecule has 10 aromatic rings. The van der Waals surface area contributed by atoms with Gasteiger partial charge in [0.1, 0.15) is 11.3 Å². The summed E-state index contributed by atoms with van der Waals surface area (Å²) < 4.78 is 6.21. The molecule has 0 amide bonds. The second-order valence-corrected chi connectivity index (χ2v) is 14.1. The molecule has 0 radical (unpaired) electrons. The van der Waals surface area contributed by atoms with Crippen molar-refractivity contribution in [3.05, 3.63) is 224 Å². The van der Waals surface area contributed by atoms with E-state index in [1.807, 2.05) is 18.2 Å². The van der Waals surface area contributed by atoms with Crippen molar-refractivity contribution in [3.63, 3.8) is 0 Å². The Kier molecular flexibility index (Phi) is 8.55.